The molecule has 2 heterocycles. The van der Waals surface area contributed by atoms with Crippen LogP contribution in [0.1, 0.15) is 0 Å². The predicted octanol–water partition coefficient (Wildman–Crippen LogP) is 0.228. The zero-order valence-electron chi connectivity index (χ0n) is 9.72. The summed E-state index contributed by atoms with van der Waals surface area (Å²) in [7, 11) is -3.92. The quantitative estimate of drug-likeness (QED) is 0.825. The molecule has 0 atom stereocenters. The maximum absolute atomic E-state index is 11.8. The van der Waals surface area contributed by atoms with Gasteiger partial charge in [0.25, 0.3) is 0 Å². The summed E-state index contributed by atoms with van der Waals surface area (Å²) in [6, 6.07) is 0.652. The highest BCUT2D eigenvalue weighted by Crippen LogP contribution is 2.04. The molecule has 0 aliphatic carbocycles. The molecule has 2 amide bonds. The predicted molar refractivity (Wildman–Crippen MR) is 68.1 cm³/mol. The SMILES string of the molecule is O=C(Nc1ncccn1)NS(=O)(=O)N1C=CC=CC1. The van der Waals surface area contributed by atoms with E-state index in [1.807, 2.05) is 4.72 Å². The number of rotatable bonds is 3. The fraction of sp³-hybridized carbons (Fsp3) is 0.100. The highest BCUT2D eigenvalue weighted by molar-refractivity contribution is 7.87. The summed E-state index contributed by atoms with van der Waals surface area (Å²) < 4.78 is 26.5. The first-order valence-electron chi connectivity index (χ1n) is 5.29. The van der Waals surface area contributed by atoms with Gasteiger partial charge in [0.15, 0.2) is 0 Å². The number of hydrogen-bond donors (Lipinski definition) is 2. The van der Waals surface area contributed by atoms with Crippen molar-refractivity contribution >= 4 is 22.2 Å². The lowest BCUT2D eigenvalue weighted by Gasteiger charge is -2.20. The van der Waals surface area contributed by atoms with Crippen LogP contribution in [0.2, 0.25) is 0 Å². The Balaban J connectivity index is 1.98. The fourth-order valence-corrected chi connectivity index (χ4v) is 2.21. The van der Waals surface area contributed by atoms with Gasteiger partial charge in [-0.15, -0.1) is 0 Å². The summed E-state index contributed by atoms with van der Waals surface area (Å²) in [6.45, 7) is 0.168. The third kappa shape index (κ3) is 3.52. The van der Waals surface area contributed by atoms with Crippen molar-refractivity contribution in [2.24, 2.45) is 0 Å². The molecule has 0 spiro atoms. The molecule has 0 bridgehead atoms. The standard InChI is InChI=1S/C10H11N5O3S/c16-10(13-9-11-5-4-6-12-9)14-19(17,18)15-7-2-1-3-8-15/h1-7H,8H2,(H2,11,12,13,14,16). The summed E-state index contributed by atoms with van der Waals surface area (Å²) in [6.07, 6.45) is 9.13. The molecule has 0 radical (unpaired) electrons. The molecule has 0 saturated heterocycles. The molecule has 1 aliphatic heterocycles. The van der Waals surface area contributed by atoms with E-state index in [1.165, 1.54) is 18.6 Å². The van der Waals surface area contributed by atoms with E-state index >= 15 is 0 Å². The van der Waals surface area contributed by atoms with Gasteiger partial charge in [0.1, 0.15) is 0 Å². The Hall–Kier alpha value is -2.42. The third-order valence-electron chi connectivity index (χ3n) is 2.11. The normalized spacial score (nSPS) is 14.2. The van der Waals surface area contributed by atoms with Crippen LogP contribution < -0.4 is 10.0 Å². The molecule has 8 nitrogen and oxygen atoms in total. The molecular formula is C10H11N5O3S. The summed E-state index contributed by atoms with van der Waals surface area (Å²) in [4.78, 5) is 19.0. The number of hydrogen-bond acceptors (Lipinski definition) is 5. The number of carbonyl (C=O) groups is 1. The maximum atomic E-state index is 11.8. The van der Waals surface area contributed by atoms with Crippen LogP contribution in [-0.2, 0) is 10.2 Å². The number of nitrogens with zero attached hydrogens (tertiary/aromatic N) is 3. The van der Waals surface area contributed by atoms with Crippen LogP contribution in [-0.4, -0.2) is 35.3 Å². The second-order valence-electron chi connectivity index (χ2n) is 3.47. The Labute approximate surface area is 110 Å². The molecule has 1 aliphatic rings. The van der Waals surface area contributed by atoms with Crippen molar-refractivity contribution in [2.75, 3.05) is 11.9 Å². The van der Waals surface area contributed by atoms with Crippen LogP contribution in [0, 0.1) is 0 Å². The summed E-state index contributed by atoms with van der Waals surface area (Å²) in [5.74, 6) is 0.0179. The fourth-order valence-electron chi connectivity index (χ4n) is 1.29. The Bertz CT molecular complexity index is 611. The van der Waals surface area contributed by atoms with Crippen LogP contribution in [0.5, 0.6) is 0 Å². The van der Waals surface area contributed by atoms with Crippen molar-refractivity contribution in [1.82, 2.24) is 19.0 Å². The molecule has 19 heavy (non-hydrogen) atoms. The minimum atomic E-state index is -3.92. The van der Waals surface area contributed by atoms with Crippen LogP contribution in [0.25, 0.3) is 0 Å². The third-order valence-corrected chi connectivity index (χ3v) is 3.44. The van der Waals surface area contributed by atoms with Crippen LogP contribution in [0.3, 0.4) is 0 Å². The van der Waals surface area contributed by atoms with Gasteiger partial charge in [-0.3, -0.25) is 9.62 Å². The number of amides is 2. The van der Waals surface area contributed by atoms with E-state index < -0.39 is 16.2 Å². The average Bonchev–Trinajstić information content (AvgIpc) is 2.40. The average molecular weight is 281 g/mol. The maximum Gasteiger partial charge on any atom is 0.336 e. The largest absolute Gasteiger partial charge is 0.336 e. The smallest absolute Gasteiger partial charge is 0.275 e. The van der Waals surface area contributed by atoms with Gasteiger partial charge >= 0.3 is 16.2 Å². The number of anilines is 1. The van der Waals surface area contributed by atoms with E-state index in [4.69, 9.17) is 0 Å². The van der Waals surface area contributed by atoms with Crippen LogP contribution in [0.15, 0.2) is 42.9 Å². The van der Waals surface area contributed by atoms with E-state index in [0.29, 0.717) is 0 Å². The van der Waals surface area contributed by atoms with Crippen molar-refractivity contribution < 1.29 is 13.2 Å². The van der Waals surface area contributed by atoms with Crippen LogP contribution >= 0.6 is 0 Å². The minimum absolute atomic E-state index is 0.0179. The number of carbonyl (C=O) groups excluding carboxylic acids is 1. The second-order valence-corrected chi connectivity index (χ2v) is 5.10. The monoisotopic (exact) mass is 281 g/mol. The Morgan fingerprint density at radius 3 is 2.63 bits per heavy atom. The molecule has 9 heteroatoms. The van der Waals surface area contributed by atoms with E-state index in [-0.39, 0.29) is 12.5 Å². The highest BCUT2D eigenvalue weighted by atomic mass is 32.2. The summed E-state index contributed by atoms with van der Waals surface area (Å²) in [5, 5.41) is 2.22. The number of allylic oxidation sites excluding steroid dienone is 2. The van der Waals surface area contributed by atoms with Crippen molar-refractivity contribution in [3.63, 3.8) is 0 Å². The highest BCUT2D eigenvalue weighted by Gasteiger charge is 2.21. The zero-order chi connectivity index (χ0) is 13.7. The van der Waals surface area contributed by atoms with Crippen molar-refractivity contribution in [3.05, 3.63) is 42.9 Å². The molecular weight excluding hydrogens is 270 g/mol. The van der Waals surface area contributed by atoms with Gasteiger partial charge in [-0.1, -0.05) is 12.2 Å². The summed E-state index contributed by atoms with van der Waals surface area (Å²) in [5.41, 5.74) is 0. The van der Waals surface area contributed by atoms with Gasteiger partial charge in [-0.05, 0) is 12.1 Å². The van der Waals surface area contributed by atoms with Gasteiger partial charge in [0.05, 0.1) is 6.54 Å². The lowest BCUT2D eigenvalue weighted by Crippen LogP contribution is -2.43. The van der Waals surface area contributed by atoms with Crippen LogP contribution in [0.4, 0.5) is 10.7 Å². The lowest BCUT2D eigenvalue weighted by molar-refractivity contribution is 0.256. The van der Waals surface area contributed by atoms with Gasteiger partial charge in [-0.25, -0.2) is 19.5 Å². The topological polar surface area (TPSA) is 104 Å². The van der Waals surface area contributed by atoms with Gasteiger partial charge in [0, 0.05) is 18.6 Å². The first kappa shape index (κ1) is 13.0. The molecule has 0 aromatic carbocycles. The molecule has 1 aromatic heterocycles. The van der Waals surface area contributed by atoms with Gasteiger partial charge < -0.3 is 0 Å². The number of urea groups is 1. The van der Waals surface area contributed by atoms with Crippen molar-refractivity contribution in [3.8, 4) is 0 Å². The summed E-state index contributed by atoms with van der Waals surface area (Å²) >= 11 is 0. The van der Waals surface area contributed by atoms with E-state index in [0.717, 1.165) is 4.31 Å². The zero-order valence-corrected chi connectivity index (χ0v) is 10.5. The van der Waals surface area contributed by atoms with E-state index in [2.05, 4.69) is 15.3 Å². The second kappa shape index (κ2) is 5.48. The van der Waals surface area contributed by atoms with Crippen molar-refractivity contribution in [1.29, 1.82) is 0 Å². The molecule has 0 unspecified atom stereocenters. The van der Waals surface area contributed by atoms with Crippen molar-refractivity contribution in [2.45, 2.75) is 0 Å². The molecule has 2 rings (SSSR count). The molecule has 0 saturated carbocycles. The molecule has 1 aromatic rings. The minimum Gasteiger partial charge on any atom is -0.275 e. The lowest BCUT2D eigenvalue weighted by atomic mass is 10.4. The van der Waals surface area contributed by atoms with E-state index in [1.54, 1.807) is 24.3 Å². The molecule has 0 fully saturated rings. The van der Waals surface area contributed by atoms with Gasteiger partial charge in [-0.2, -0.15) is 8.42 Å². The Kier molecular flexibility index (Phi) is 3.76. The number of nitrogens with one attached hydrogen (secondary N) is 2. The van der Waals surface area contributed by atoms with E-state index in [9.17, 15) is 13.2 Å². The number of aromatic nitrogens is 2. The Morgan fingerprint density at radius 2 is 2.00 bits per heavy atom. The Morgan fingerprint density at radius 1 is 1.26 bits per heavy atom. The molecule has 100 valence electrons. The first-order chi connectivity index (χ1) is 9.08. The molecule has 2 N–H and O–H groups in total. The first-order valence-corrected chi connectivity index (χ1v) is 6.73. The van der Waals surface area contributed by atoms with Gasteiger partial charge in [0.2, 0.25) is 5.95 Å².